The van der Waals surface area contributed by atoms with Crippen LogP contribution in [0, 0.1) is 11.8 Å². The normalized spacial score (nSPS) is 27.5. The molecule has 1 aromatic heterocycles. The minimum absolute atomic E-state index is 0.486. The largest absolute Gasteiger partial charge is 0.298 e. The van der Waals surface area contributed by atoms with E-state index in [9.17, 15) is 4.79 Å². The van der Waals surface area contributed by atoms with Gasteiger partial charge in [-0.2, -0.15) is 5.10 Å². The topological polar surface area (TPSA) is 34.9 Å². The molecule has 3 nitrogen and oxygen atoms in total. The van der Waals surface area contributed by atoms with Gasteiger partial charge >= 0.3 is 0 Å². The number of rotatable bonds is 4. The Balaban J connectivity index is 2.34. The molecule has 0 N–H and O–H groups in total. The molecule has 2 rings (SSSR count). The molecule has 106 valence electrons. The van der Waals surface area contributed by atoms with Gasteiger partial charge in [0.15, 0.2) is 6.29 Å². The van der Waals surface area contributed by atoms with E-state index >= 15 is 0 Å². The Labute approximate surface area is 116 Å². The molecule has 0 aliphatic heterocycles. The first kappa shape index (κ1) is 14.3. The fraction of sp³-hybridized carbons (Fsp3) is 0.750. The van der Waals surface area contributed by atoms with Crippen LogP contribution >= 0.6 is 0 Å². The van der Waals surface area contributed by atoms with Crippen LogP contribution in [-0.2, 0) is 12.8 Å². The molecule has 1 fully saturated rings. The highest BCUT2D eigenvalue weighted by Gasteiger charge is 2.28. The third-order valence-electron chi connectivity index (χ3n) is 4.83. The quantitative estimate of drug-likeness (QED) is 0.773. The molecule has 1 saturated carbocycles. The van der Waals surface area contributed by atoms with E-state index in [0.29, 0.717) is 6.04 Å². The number of hydrogen-bond donors (Lipinski definition) is 0. The van der Waals surface area contributed by atoms with E-state index in [0.717, 1.165) is 47.9 Å². The Hall–Kier alpha value is -1.12. The van der Waals surface area contributed by atoms with Gasteiger partial charge < -0.3 is 0 Å². The van der Waals surface area contributed by atoms with Crippen LogP contribution in [0.3, 0.4) is 0 Å². The molecule has 0 aromatic carbocycles. The lowest BCUT2D eigenvalue weighted by Crippen LogP contribution is -2.25. The molecule has 1 aliphatic rings. The predicted octanol–water partition coefficient (Wildman–Crippen LogP) is 3.82. The number of carbonyl (C=O) groups is 1. The number of aryl methyl sites for hydroxylation is 1. The number of aromatic nitrogens is 2. The van der Waals surface area contributed by atoms with E-state index in [1.54, 1.807) is 0 Å². The fourth-order valence-electron chi connectivity index (χ4n) is 3.33. The standard InChI is InChI=1S/C16H26N2O/c1-5-15-14(10-19)16(6-2)18(17-15)13-8-7-11(3)12(4)9-13/h10-13H,5-9H2,1-4H3. The smallest absolute Gasteiger partial charge is 0.153 e. The fourth-order valence-corrected chi connectivity index (χ4v) is 3.33. The zero-order valence-corrected chi connectivity index (χ0v) is 12.6. The van der Waals surface area contributed by atoms with Crippen LogP contribution < -0.4 is 0 Å². The first-order chi connectivity index (χ1) is 9.12. The summed E-state index contributed by atoms with van der Waals surface area (Å²) in [5.41, 5.74) is 2.95. The average molecular weight is 262 g/mol. The number of aldehydes is 1. The van der Waals surface area contributed by atoms with Crippen molar-refractivity contribution >= 4 is 6.29 Å². The molecule has 3 heteroatoms. The second-order valence-corrected chi connectivity index (χ2v) is 6.00. The van der Waals surface area contributed by atoms with Crippen molar-refractivity contribution in [1.29, 1.82) is 0 Å². The summed E-state index contributed by atoms with van der Waals surface area (Å²) in [5, 5.41) is 4.74. The van der Waals surface area contributed by atoms with E-state index in [4.69, 9.17) is 5.10 Å². The Morgan fingerprint density at radius 1 is 1.21 bits per heavy atom. The zero-order chi connectivity index (χ0) is 14.0. The van der Waals surface area contributed by atoms with Crippen LogP contribution in [0.25, 0.3) is 0 Å². The Morgan fingerprint density at radius 2 is 1.95 bits per heavy atom. The summed E-state index contributed by atoms with van der Waals surface area (Å²) < 4.78 is 2.17. The van der Waals surface area contributed by atoms with Crippen molar-refractivity contribution in [3.63, 3.8) is 0 Å². The zero-order valence-electron chi connectivity index (χ0n) is 12.6. The van der Waals surface area contributed by atoms with Gasteiger partial charge in [0.2, 0.25) is 0 Å². The van der Waals surface area contributed by atoms with Crippen molar-refractivity contribution in [3.05, 3.63) is 17.0 Å². The maximum absolute atomic E-state index is 11.3. The molecule has 0 radical (unpaired) electrons. The summed E-state index contributed by atoms with van der Waals surface area (Å²) in [6.07, 6.45) is 6.38. The minimum Gasteiger partial charge on any atom is -0.298 e. The molecule has 0 bridgehead atoms. The molecule has 0 amide bonds. The van der Waals surface area contributed by atoms with Crippen LogP contribution in [0.4, 0.5) is 0 Å². The lowest BCUT2D eigenvalue weighted by Gasteiger charge is -2.33. The van der Waals surface area contributed by atoms with Crippen molar-refractivity contribution in [1.82, 2.24) is 9.78 Å². The average Bonchev–Trinajstić information content (AvgIpc) is 2.79. The van der Waals surface area contributed by atoms with Crippen LogP contribution in [0.5, 0.6) is 0 Å². The maximum atomic E-state index is 11.3. The molecule has 1 aromatic rings. The lowest BCUT2D eigenvalue weighted by atomic mass is 9.79. The summed E-state index contributed by atoms with van der Waals surface area (Å²) in [6.45, 7) is 8.88. The summed E-state index contributed by atoms with van der Waals surface area (Å²) >= 11 is 0. The SMILES string of the molecule is CCc1nn(C2CCC(C)C(C)C2)c(CC)c1C=O. The van der Waals surface area contributed by atoms with Gasteiger partial charge in [0.25, 0.3) is 0 Å². The summed E-state index contributed by atoms with van der Waals surface area (Å²) in [7, 11) is 0. The lowest BCUT2D eigenvalue weighted by molar-refractivity contribution is 0.112. The van der Waals surface area contributed by atoms with Gasteiger partial charge in [-0.3, -0.25) is 9.48 Å². The summed E-state index contributed by atoms with van der Waals surface area (Å²) in [6, 6.07) is 0.486. The van der Waals surface area contributed by atoms with Crippen molar-refractivity contribution in [2.45, 2.75) is 65.8 Å². The minimum atomic E-state index is 0.486. The maximum Gasteiger partial charge on any atom is 0.153 e. The van der Waals surface area contributed by atoms with Gasteiger partial charge in [0, 0.05) is 5.69 Å². The van der Waals surface area contributed by atoms with Crippen LogP contribution in [0.1, 0.15) is 74.7 Å². The Kier molecular flexibility index (Phi) is 4.43. The van der Waals surface area contributed by atoms with E-state index in [1.807, 2.05) is 0 Å². The van der Waals surface area contributed by atoms with Gasteiger partial charge in [-0.05, 0) is 43.9 Å². The molecular formula is C16H26N2O. The van der Waals surface area contributed by atoms with Gasteiger partial charge in [-0.15, -0.1) is 0 Å². The number of nitrogens with zero attached hydrogens (tertiary/aromatic N) is 2. The molecule has 19 heavy (non-hydrogen) atoms. The second kappa shape index (κ2) is 5.89. The molecule has 1 aliphatic carbocycles. The number of carbonyl (C=O) groups excluding carboxylic acids is 1. The number of hydrogen-bond acceptors (Lipinski definition) is 2. The Morgan fingerprint density at radius 3 is 2.47 bits per heavy atom. The first-order valence-electron chi connectivity index (χ1n) is 7.67. The highest BCUT2D eigenvalue weighted by Crippen LogP contribution is 2.37. The van der Waals surface area contributed by atoms with Crippen LogP contribution in [0.15, 0.2) is 0 Å². The van der Waals surface area contributed by atoms with E-state index < -0.39 is 0 Å². The van der Waals surface area contributed by atoms with Crippen molar-refractivity contribution < 1.29 is 4.79 Å². The van der Waals surface area contributed by atoms with E-state index in [2.05, 4.69) is 32.4 Å². The molecule has 1 heterocycles. The molecule has 3 unspecified atom stereocenters. The van der Waals surface area contributed by atoms with Gasteiger partial charge in [0.05, 0.1) is 17.3 Å². The van der Waals surface area contributed by atoms with E-state index in [-0.39, 0.29) is 0 Å². The third-order valence-corrected chi connectivity index (χ3v) is 4.83. The summed E-state index contributed by atoms with van der Waals surface area (Å²) in [4.78, 5) is 11.3. The molecule has 3 atom stereocenters. The first-order valence-corrected chi connectivity index (χ1v) is 7.67. The monoisotopic (exact) mass is 262 g/mol. The van der Waals surface area contributed by atoms with Crippen LogP contribution in [-0.4, -0.2) is 16.1 Å². The molecule has 0 spiro atoms. The van der Waals surface area contributed by atoms with Gasteiger partial charge in [-0.1, -0.05) is 27.7 Å². The van der Waals surface area contributed by atoms with Crippen molar-refractivity contribution in [2.24, 2.45) is 11.8 Å². The Bertz CT molecular complexity index is 450. The second-order valence-electron chi connectivity index (χ2n) is 6.00. The predicted molar refractivity (Wildman–Crippen MR) is 77.6 cm³/mol. The third kappa shape index (κ3) is 2.60. The highest BCUT2D eigenvalue weighted by atomic mass is 16.1. The molecule has 0 saturated heterocycles. The highest BCUT2D eigenvalue weighted by molar-refractivity contribution is 5.78. The van der Waals surface area contributed by atoms with Gasteiger partial charge in [0.1, 0.15) is 0 Å². The van der Waals surface area contributed by atoms with Gasteiger partial charge in [-0.25, -0.2) is 0 Å². The van der Waals surface area contributed by atoms with Crippen molar-refractivity contribution in [3.8, 4) is 0 Å². The van der Waals surface area contributed by atoms with E-state index in [1.165, 1.54) is 19.3 Å². The molecular weight excluding hydrogens is 236 g/mol. The summed E-state index contributed by atoms with van der Waals surface area (Å²) in [5.74, 6) is 1.56. The van der Waals surface area contributed by atoms with Crippen molar-refractivity contribution in [2.75, 3.05) is 0 Å². The van der Waals surface area contributed by atoms with Crippen LogP contribution in [0.2, 0.25) is 0 Å².